The summed E-state index contributed by atoms with van der Waals surface area (Å²) in [6.07, 6.45) is 19.0. The highest BCUT2D eigenvalue weighted by Gasteiger charge is 2.10. The number of aliphatic hydroxyl groups is 3. The summed E-state index contributed by atoms with van der Waals surface area (Å²) in [6, 6.07) is 0. The van der Waals surface area contributed by atoms with Crippen LogP contribution in [0.4, 0.5) is 0 Å². The summed E-state index contributed by atoms with van der Waals surface area (Å²) in [5, 5.41) is 28.0. The van der Waals surface area contributed by atoms with Crippen LogP contribution in [0.3, 0.4) is 0 Å². The molecule has 0 aliphatic heterocycles. The molecule has 170 valence electrons. The molecule has 0 aliphatic carbocycles. The lowest BCUT2D eigenvalue weighted by Crippen LogP contribution is -2.37. The lowest BCUT2D eigenvalue weighted by atomic mass is 10.0. The van der Waals surface area contributed by atoms with E-state index in [1.165, 1.54) is 89.9 Å². The topological polar surface area (TPSA) is 63.9 Å². The van der Waals surface area contributed by atoms with E-state index < -0.39 is 0 Å². The molecular weight excluding hydrogens is 370 g/mol. The monoisotopic (exact) mass is 419 g/mol. The van der Waals surface area contributed by atoms with Crippen LogP contribution in [0.2, 0.25) is 0 Å². The lowest BCUT2D eigenvalue weighted by molar-refractivity contribution is 0.0995. The van der Waals surface area contributed by atoms with Crippen molar-refractivity contribution in [2.75, 3.05) is 44.4 Å². The number of hydrogen-bond donors (Lipinski definition) is 3. The van der Waals surface area contributed by atoms with Crippen LogP contribution in [0.5, 0.6) is 0 Å². The van der Waals surface area contributed by atoms with Gasteiger partial charge in [0, 0.05) is 25.4 Å². The Morgan fingerprint density at radius 2 is 1.11 bits per heavy atom. The van der Waals surface area contributed by atoms with E-state index >= 15 is 0 Å². The fourth-order valence-corrected chi connectivity index (χ4v) is 4.50. The molecule has 0 heterocycles. The molecule has 0 aliphatic rings. The lowest BCUT2D eigenvalue weighted by Gasteiger charge is -2.23. The highest BCUT2D eigenvalue weighted by atomic mass is 32.2. The molecule has 28 heavy (non-hydrogen) atoms. The average Bonchev–Trinajstić information content (AvgIpc) is 2.68. The Balaban J connectivity index is 3.26. The third-order valence-corrected chi connectivity index (χ3v) is 6.45. The van der Waals surface area contributed by atoms with E-state index in [0.717, 1.165) is 11.5 Å². The summed E-state index contributed by atoms with van der Waals surface area (Å²) < 4.78 is 0. The molecule has 5 heteroatoms. The van der Waals surface area contributed by atoms with Gasteiger partial charge < -0.3 is 15.3 Å². The van der Waals surface area contributed by atoms with Gasteiger partial charge in [-0.3, -0.25) is 4.90 Å². The second kappa shape index (κ2) is 23.5. The molecule has 0 radical (unpaired) electrons. The maximum absolute atomic E-state index is 10.1. The molecule has 0 rings (SSSR count). The van der Waals surface area contributed by atoms with Crippen LogP contribution in [0, 0.1) is 0 Å². The average molecular weight is 420 g/mol. The summed E-state index contributed by atoms with van der Waals surface area (Å²) in [4.78, 5) is 1.91. The second-order valence-electron chi connectivity index (χ2n) is 8.07. The van der Waals surface area contributed by atoms with Gasteiger partial charge in [0.15, 0.2) is 0 Å². The normalized spacial score (nSPS) is 12.8. The minimum atomic E-state index is -0.380. The second-order valence-corrected chi connectivity index (χ2v) is 9.22. The van der Waals surface area contributed by atoms with Crippen molar-refractivity contribution in [3.63, 3.8) is 0 Å². The fraction of sp³-hybridized carbons (Fsp3) is 1.00. The maximum Gasteiger partial charge on any atom is 0.0757 e. The Hall–Kier alpha value is 0.190. The van der Waals surface area contributed by atoms with E-state index in [4.69, 9.17) is 10.2 Å². The molecule has 0 aromatic heterocycles. The van der Waals surface area contributed by atoms with Crippen molar-refractivity contribution in [2.24, 2.45) is 0 Å². The molecule has 0 spiro atoms. The smallest absolute Gasteiger partial charge is 0.0757 e. The van der Waals surface area contributed by atoms with Gasteiger partial charge in [0.25, 0.3) is 0 Å². The first-order valence-corrected chi connectivity index (χ1v) is 13.1. The first-order chi connectivity index (χ1) is 13.7. The zero-order valence-corrected chi connectivity index (χ0v) is 19.4. The van der Waals surface area contributed by atoms with Crippen molar-refractivity contribution in [1.82, 2.24) is 4.90 Å². The van der Waals surface area contributed by atoms with Crippen LogP contribution >= 0.6 is 11.8 Å². The highest BCUT2D eigenvalue weighted by molar-refractivity contribution is 7.99. The predicted octanol–water partition coefficient (Wildman–Crippen LogP) is 4.85. The van der Waals surface area contributed by atoms with E-state index in [2.05, 4.69) is 6.92 Å². The van der Waals surface area contributed by atoms with E-state index in [0.29, 0.717) is 19.6 Å². The molecule has 0 aromatic carbocycles. The zero-order chi connectivity index (χ0) is 20.7. The quantitative estimate of drug-likeness (QED) is 0.207. The number of nitrogens with zero attached hydrogens (tertiary/aromatic N) is 1. The molecular formula is C23H49NO3S. The SMILES string of the molecule is CCCCCCCCCCCCCCCCSCC(O)CN(CCO)CCO. The predicted molar refractivity (Wildman–Crippen MR) is 124 cm³/mol. The summed E-state index contributed by atoms with van der Waals surface area (Å²) in [5.41, 5.74) is 0. The zero-order valence-electron chi connectivity index (χ0n) is 18.6. The number of aliphatic hydroxyl groups excluding tert-OH is 3. The van der Waals surface area contributed by atoms with Gasteiger partial charge >= 0.3 is 0 Å². The molecule has 1 atom stereocenters. The maximum atomic E-state index is 10.1. The molecule has 0 amide bonds. The van der Waals surface area contributed by atoms with Crippen LogP contribution < -0.4 is 0 Å². The molecule has 0 saturated heterocycles. The summed E-state index contributed by atoms with van der Waals surface area (Å²) >= 11 is 1.82. The first-order valence-electron chi connectivity index (χ1n) is 11.9. The van der Waals surface area contributed by atoms with Gasteiger partial charge in [-0.1, -0.05) is 90.4 Å². The third kappa shape index (κ3) is 20.9. The molecule has 1 unspecified atom stereocenters. The van der Waals surface area contributed by atoms with Gasteiger partial charge in [0.2, 0.25) is 0 Å². The standard InChI is InChI=1S/C23H49NO3S/c1-2-3-4-5-6-7-8-9-10-11-12-13-14-15-20-28-22-23(27)21-24(16-18-25)17-19-26/h23,25-27H,2-22H2,1H3. The number of rotatable bonds is 23. The van der Waals surface area contributed by atoms with Gasteiger partial charge in [-0.05, 0) is 12.2 Å². The Bertz CT molecular complexity index is 289. The Kier molecular flexibility index (Phi) is 23.6. The van der Waals surface area contributed by atoms with E-state index in [1.807, 2.05) is 16.7 Å². The van der Waals surface area contributed by atoms with Crippen LogP contribution in [-0.2, 0) is 0 Å². The molecule has 4 nitrogen and oxygen atoms in total. The molecule has 0 fully saturated rings. The molecule has 0 aromatic rings. The fourth-order valence-electron chi connectivity index (χ4n) is 3.55. The van der Waals surface area contributed by atoms with Gasteiger partial charge in [-0.2, -0.15) is 11.8 Å². The van der Waals surface area contributed by atoms with Gasteiger partial charge in [-0.25, -0.2) is 0 Å². The minimum Gasteiger partial charge on any atom is -0.395 e. The largest absolute Gasteiger partial charge is 0.395 e. The molecule has 0 saturated carbocycles. The van der Waals surface area contributed by atoms with Crippen molar-refractivity contribution < 1.29 is 15.3 Å². The van der Waals surface area contributed by atoms with Crippen molar-refractivity contribution in [1.29, 1.82) is 0 Å². The van der Waals surface area contributed by atoms with Gasteiger partial charge in [0.1, 0.15) is 0 Å². The van der Waals surface area contributed by atoms with Crippen molar-refractivity contribution in [3.8, 4) is 0 Å². The van der Waals surface area contributed by atoms with Crippen molar-refractivity contribution >= 4 is 11.8 Å². The van der Waals surface area contributed by atoms with Crippen molar-refractivity contribution in [3.05, 3.63) is 0 Å². The van der Waals surface area contributed by atoms with Gasteiger partial charge in [-0.15, -0.1) is 0 Å². The Morgan fingerprint density at radius 1 is 0.679 bits per heavy atom. The first kappa shape index (κ1) is 28.2. The number of unbranched alkanes of at least 4 members (excludes halogenated alkanes) is 13. The molecule has 0 bridgehead atoms. The summed E-state index contributed by atoms with van der Waals surface area (Å²) in [6.45, 7) is 3.98. The highest BCUT2D eigenvalue weighted by Crippen LogP contribution is 2.14. The van der Waals surface area contributed by atoms with Crippen LogP contribution in [-0.4, -0.2) is 70.7 Å². The van der Waals surface area contributed by atoms with Crippen LogP contribution in [0.15, 0.2) is 0 Å². The van der Waals surface area contributed by atoms with E-state index in [-0.39, 0.29) is 19.3 Å². The van der Waals surface area contributed by atoms with Crippen LogP contribution in [0.1, 0.15) is 96.8 Å². The Morgan fingerprint density at radius 3 is 1.54 bits per heavy atom. The minimum absolute atomic E-state index is 0.0684. The van der Waals surface area contributed by atoms with E-state index in [1.54, 1.807) is 0 Å². The number of hydrogen-bond acceptors (Lipinski definition) is 5. The van der Waals surface area contributed by atoms with Crippen LogP contribution in [0.25, 0.3) is 0 Å². The Labute approximate surface area is 179 Å². The summed E-state index contributed by atoms with van der Waals surface area (Å²) in [5.74, 6) is 1.86. The van der Waals surface area contributed by atoms with E-state index in [9.17, 15) is 5.11 Å². The number of thioether (sulfide) groups is 1. The molecule has 3 N–H and O–H groups in total. The summed E-state index contributed by atoms with van der Waals surface area (Å²) in [7, 11) is 0. The van der Waals surface area contributed by atoms with Crippen molar-refractivity contribution in [2.45, 2.75) is 103 Å². The third-order valence-electron chi connectivity index (χ3n) is 5.25. The van der Waals surface area contributed by atoms with Gasteiger partial charge in [0.05, 0.1) is 19.3 Å².